The van der Waals surface area contributed by atoms with Crippen molar-refractivity contribution in [1.29, 1.82) is 0 Å². The zero-order valence-electron chi connectivity index (χ0n) is 12.6. The van der Waals surface area contributed by atoms with Gasteiger partial charge in [0.1, 0.15) is 17.3 Å². The summed E-state index contributed by atoms with van der Waals surface area (Å²) in [7, 11) is 0. The highest BCUT2D eigenvalue weighted by Crippen LogP contribution is 2.39. The molecule has 132 valence electrons. The average molecular weight is 355 g/mol. The maximum Gasteiger partial charge on any atom is 0.418 e. The van der Waals surface area contributed by atoms with E-state index in [1.165, 1.54) is 18.2 Å². The normalized spacial score (nSPS) is 11.9. The second-order valence-corrected chi connectivity index (χ2v) is 4.74. The Labute approximate surface area is 139 Å². The molecule has 0 amide bonds. The number of aliphatic imine (C=N–C) groups is 2. The van der Waals surface area contributed by atoms with Crippen molar-refractivity contribution < 1.29 is 22.3 Å². The summed E-state index contributed by atoms with van der Waals surface area (Å²) < 4.78 is 57.8. The van der Waals surface area contributed by atoms with Gasteiger partial charge in [-0.15, -0.1) is 0 Å². The lowest BCUT2D eigenvalue weighted by atomic mass is 10.1. The molecule has 0 aliphatic heterocycles. The molecule has 0 aliphatic rings. The highest BCUT2D eigenvalue weighted by atomic mass is 19.4. The van der Waals surface area contributed by atoms with Crippen molar-refractivity contribution in [3.8, 4) is 11.5 Å². The molecular weight excluding hydrogens is 342 g/mol. The SMILES string of the molecule is NC(N)=NC(N)=Nc1ccc(Oc2ccc(F)cc2)cc1C(F)(F)F. The highest BCUT2D eigenvalue weighted by molar-refractivity contribution is 5.93. The summed E-state index contributed by atoms with van der Waals surface area (Å²) >= 11 is 0. The number of guanidine groups is 2. The maximum absolute atomic E-state index is 13.2. The van der Waals surface area contributed by atoms with Gasteiger partial charge < -0.3 is 21.9 Å². The molecule has 0 fully saturated rings. The van der Waals surface area contributed by atoms with Crippen LogP contribution in [0, 0.1) is 5.82 Å². The largest absolute Gasteiger partial charge is 0.457 e. The molecule has 6 N–H and O–H groups in total. The average Bonchev–Trinajstić information content (AvgIpc) is 2.49. The van der Waals surface area contributed by atoms with Crippen molar-refractivity contribution in [3.05, 3.63) is 53.8 Å². The van der Waals surface area contributed by atoms with Gasteiger partial charge >= 0.3 is 6.18 Å². The van der Waals surface area contributed by atoms with Crippen LogP contribution >= 0.6 is 0 Å². The third-order valence-corrected chi connectivity index (χ3v) is 2.80. The van der Waals surface area contributed by atoms with Gasteiger partial charge in [0.05, 0.1) is 11.3 Å². The molecule has 2 rings (SSSR count). The summed E-state index contributed by atoms with van der Waals surface area (Å²) in [5, 5.41) is 0. The van der Waals surface area contributed by atoms with Crippen molar-refractivity contribution in [2.45, 2.75) is 6.18 Å². The van der Waals surface area contributed by atoms with Crippen molar-refractivity contribution in [2.75, 3.05) is 0 Å². The van der Waals surface area contributed by atoms with E-state index in [2.05, 4.69) is 9.98 Å². The van der Waals surface area contributed by atoms with Gasteiger partial charge in [-0.2, -0.15) is 18.2 Å². The van der Waals surface area contributed by atoms with Gasteiger partial charge in [-0.3, -0.25) is 0 Å². The van der Waals surface area contributed by atoms with Gasteiger partial charge in [0.25, 0.3) is 0 Å². The number of nitrogens with two attached hydrogens (primary N) is 3. The highest BCUT2D eigenvalue weighted by Gasteiger charge is 2.34. The Hall–Kier alpha value is -3.30. The van der Waals surface area contributed by atoms with Gasteiger partial charge in [-0.25, -0.2) is 9.38 Å². The number of halogens is 4. The van der Waals surface area contributed by atoms with E-state index in [0.29, 0.717) is 0 Å². The second-order valence-electron chi connectivity index (χ2n) is 4.74. The molecule has 0 saturated heterocycles. The number of hydrogen-bond donors (Lipinski definition) is 3. The molecule has 0 unspecified atom stereocenters. The summed E-state index contributed by atoms with van der Waals surface area (Å²) in [5.41, 5.74) is 14.0. The van der Waals surface area contributed by atoms with Crippen LogP contribution in [0.25, 0.3) is 0 Å². The first kappa shape index (κ1) is 18.0. The Morgan fingerprint density at radius 3 is 2.08 bits per heavy atom. The van der Waals surface area contributed by atoms with E-state index in [4.69, 9.17) is 21.9 Å². The Bertz CT molecular complexity index is 812. The number of nitrogens with zero attached hydrogens (tertiary/aromatic N) is 2. The Balaban J connectivity index is 2.40. The van der Waals surface area contributed by atoms with Crippen LogP contribution in [0.15, 0.2) is 52.4 Å². The molecule has 0 aliphatic carbocycles. The van der Waals surface area contributed by atoms with Crippen LogP contribution in [-0.2, 0) is 6.18 Å². The van der Waals surface area contributed by atoms with Gasteiger partial charge in [-0.1, -0.05) is 0 Å². The third-order valence-electron chi connectivity index (χ3n) is 2.80. The van der Waals surface area contributed by atoms with Crippen molar-refractivity contribution in [3.63, 3.8) is 0 Å². The topological polar surface area (TPSA) is 112 Å². The lowest BCUT2D eigenvalue weighted by Gasteiger charge is -2.13. The van der Waals surface area contributed by atoms with Crippen LogP contribution in [-0.4, -0.2) is 11.9 Å². The standard InChI is InChI=1S/C15H13F4N5O/c16-8-1-3-9(4-2-8)25-10-5-6-12(11(7-10)15(17,18)19)23-14(22)24-13(20)21/h1-7H,(H6,20,21,22,23,24). The van der Waals surface area contributed by atoms with Crippen LogP contribution in [0.5, 0.6) is 11.5 Å². The van der Waals surface area contributed by atoms with Gasteiger partial charge in [-0.05, 0) is 42.5 Å². The first-order valence-electron chi connectivity index (χ1n) is 6.73. The fourth-order valence-electron chi connectivity index (χ4n) is 1.82. The van der Waals surface area contributed by atoms with Gasteiger partial charge in [0, 0.05) is 0 Å². The molecule has 0 atom stereocenters. The van der Waals surface area contributed by atoms with Crippen molar-refractivity contribution in [2.24, 2.45) is 27.2 Å². The summed E-state index contributed by atoms with van der Waals surface area (Å²) in [5.74, 6) is -1.41. The fourth-order valence-corrected chi connectivity index (χ4v) is 1.82. The molecule has 0 heterocycles. The van der Waals surface area contributed by atoms with E-state index in [0.717, 1.165) is 24.3 Å². The summed E-state index contributed by atoms with van der Waals surface area (Å²) in [6.45, 7) is 0. The van der Waals surface area contributed by atoms with E-state index in [1.807, 2.05) is 0 Å². The van der Waals surface area contributed by atoms with Crippen LogP contribution in [0.2, 0.25) is 0 Å². The summed E-state index contributed by atoms with van der Waals surface area (Å²) in [4.78, 5) is 6.91. The Morgan fingerprint density at radius 1 is 0.920 bits per heavy atom. The quantitative estimate of drug-likeness (QED) is 0.446. The predicted octanol–water partition coefficient (Wildman–Crippen LogP) is 2.86. The van der Waals surface area contributed by atoms with Gasteiger partial charge in [0.2, 0.25) is 5.96 Å². The fraction of sp³-hybridized carbons (Fsp3) is 0.0667. The molecule has 2 aromatic carbocycles. The minimum Gasteiger partial charge on any atom is -0.457 e. The Kier molecular flexibility index (Phi) is 5.11. The second kappa shape index (κ2) is 7.07. The number of rotatable bonds is 3. The molecule has 2 aromatic rings. The molecule has 10 heteroatoms. The number of benzene rings is 2. The summed E-state index contributed by atoms with van der Waals surface area (Å²) in [6.07, 6.45) is -4.72. The van der Waals surface area contributed by atoms with Crippen LogP contribution in [0.1, 0.15) is 5.56 Å². The number of alkyl halides is 3. The van der Waals surface area contributed by atoms with Crippen LogP contribution < -0.4 is 21.9 Å². The molecule has 0 aromatic heterocycles. The number of hydrogen-bond acceptors (Lipinski definition) is 2. The molecule has 6 nitrogen and oxygen atoms in total. The Morgan fingerprint density at radius 2 is 1.52 bits per heavy atom. The van der Waals surface area contributed by atoms with E-state index in [1.54, 1.807) is 0 Å². The number of ether oxygens (including phenoxy) is 1. The van der Waals surface area contributed by atoms with E-state index >= 15 is 0 Å². The van der Waals surface area contributed by atoms with Crippen molar-refractivity contribution in [1.82, 2.24) is 0 Å². The molecule has 25 heavy (non-hydrogen) atoms. The van der Waals surface area contributed by atoms with E-state index < -0.39 is 35.2 Å². The monoisotopic (exact) mass is 355 g/mol. The van der Waals surface area contributed by atoms with Crippen LogP contribution in [0.3, 0.4) is 0 Å². The lowest BCUT2D eigenvalue weighted by Crippen LogP contribution is -2.26. The lowest BCUT2D eigenvalue weighted by molar-refractivity contribution is -0.137. The van der Waals surface area contributed by atoms with Crippen LogP contribution in [0.4, 0.5) is 23.2 Å². The molecular formula is C15H13F4N5O. The maximum atomic E-state index is 13.2. The zero-order valence-corrected chi connectivity index (χ0v) is 12.6. The third kappa shape index (κ3) is 5.09. The van der Waals surface area contributed by atoms with Gasteiger partial charge in [0.15, 0.2) is 5.96 Å². The van der Waals surface area contributed by atoms with E-state index in [9.17, 15) is 17.6 Å². The first-order valence-corrected chi connectivity index (χ1v) is 6.73. The minimum atomic E-state index is -4.72. The molecule has 0 saturated carbocycles. The molecule has 0 bridgehead atoms. The molecule has 0 radical (unpaired) electrons. The van der Waals surface area contributed by atoms with Crippen molar-refractivity contribution >= 4 is 17.6 Å². The first-order chi connectivity index (χ1) is 11.6. The minimum absolute atomic E-state index is 0.113. The predicted molar refractivity (Wildman–Crippen MR) is 85.0 cm³/mol. The smallest absolute Gasteiger partial charge is 0.418 e. The molecule has 0 spiro atoms. The van der Waals surface area contributed by atoms with E-state index in [-0.39, 0.29) is 11.5 Å². The summed E-state index contributed by atoms with van der Waals surface area (Å²) in [6, 6.07) is 7.85. The zero-order chi connectivity index (χ0) is 18.6.